The minimum absolute atomic E-state index is 0.0314. The number of likely N-dealkylation sites (tertiary alicyclic amines) is 1. The average molecular weight is 441 g/mol. The van der Waals surface area contributed by atoms with E-state index in [-0.39, 0.29) is 35.6 Å². The van der Waals surface area contributed by atoms with E-state index in [4.69, 9.17) is 4.74 Å². The van der Waals surface area contributed by atoms with Crippen molar-refractivity contribution in [1.82, 2.24) is 9.80 Å². The first-order chi connectivity index (χ1) is 15.0. The molecule has 0 saturated carbocycles. The lowest BCUT2D eigenvalue weighted by atomic mass is 10.1. The largest absolute Gasteiger partial charge is 0.452 e. The molecular weight excluding hydrogens is 416 g/mol. The molecule has 8 heteroatoms. The van der Waals surface area contributed by atoms with E-state index in [1.54, 1.807) is 16.2 Å². The van der Waals surface area contributed by atoms with Gasteiger partial charge in [0, 0.05) is 18.0 Å². The SMILES string of the molecule is CCCCN1C(=O)c2ccc(C(=O)OCC(=O)N3CCCC3c3cccs3)cc2C1=O. The average Bonchev–Trinajstić information content (AvgIpc) is 3.51. The van der Waals surface area contributed by atoms with E-state index in [1.807, 2.05) is 24.4 Å². The van der Waals surface area contributed by atoms with Gasteiger partial charge in [0.25, 0.3) is 17.7 Å². The summed E-state index contributed by atoms with van der Waals surface area (Å²) >= 11 is 1.61. The first kappa shape index (κ1) is 21.2. The molecule has 0 bridgehead atoms. The van der Waals surface area contributed by atoms with Gasteiger partial charge >= 0.3 is 5.97 Å². The van der Waals surface area contributed by atoms with Gasteiger partial charge in [-0.15, -0.1) is 11.3 Å². The van der Waals surface area contributed by atoms with Gasteiger partial charge in [-0.1, -0.05) is 19.4 Å². The fourth-order valence-corrected chi connectivity index (χ4v) is 4.95. The molecule has 2 aromatic rings. The summed E-state index contributed by atoms with van der Waals surface area (Å²) in [4.78, 5) is 54.3. The van der Waals surface area contributed by atoms with Crippen molar-refractivity contribution >= 4 is 35.0 Å². The number of hydrogen-bond acceptors (Lipinski definition) is 6. The van der Waals surface area contributed by atoms with Gasteiger partial charge in [0.2, 0.25) is 0 Å². The highest BCUT2D eigenvalue weighted by Crippen LogP contribution is 2.34. The van der Waals surface area contributed by atoms with Crippen molar-refractivity contribution < 1.29 is 23.9 Å². The van der Waals surface area contributed by atoms with Crippen molar-refractivity contribution in [2.45, 2.75) is 38.6 Å². The fourth-order valence-electron chi connectivity index (χ4n) is 4.07. The quantitative estimate of drug-likeness (QED) is 0.485. The van der Waals surface area contributed by atoms with Crippen LogP contribution >= 0.6 is 11.3 Å². The van der Waals surface area contributed by atoms with Gasteiger partial charge in [-0.25, -0.2) is 4.79 Å². The lowest BCUT2D eigenvalue weighted by molar-refractivity contribution is -0.135. The summed E-state index contributed by atoms with van der Waals surface area (Å²) in [6, 6.07) is 8.34. The van der Waals surface area contributed by atoms with Crippen LogP contribution in [0.5, 0.6) is 0 Å². The standard InChI is InChI=1S/C23H24N2O5S/c1-2-3-10-25-21(27)16-9-8-15(13-17(16)22(25)28)23(29)30-14-20(26)24-11-4-6-18(24)19-7-5-12-31-19/h5,7-9,12-13,18H,2-4,6,10-11,14H2,1H3. The molecule has 1 atom stereocenters. The predicted molar refractivity (Wildman–Crippen MR) is 115 cm³/mol. The molecule has 2 aliphatic rings. The third-order valence-electron chi connectivity index (χ3n) is 5.71. The Labute approximate surface area is 184 Å². The molecule has 3 amide bonds. The van der Waals surface area contributed by atoms with E-state index in [2.05, 4.69) is 0 Å². The highest BCUT2D eigenvalue weighted by Gasteiger charge is 2.36. The smallest absolute Gasteiger partial charge is 0.338 e. The molecule has 1 unspecified atom stereocenters. The van der Waals surface area contributed by atoms with Crippen LogP contribution in [-0.4, -0.2) is 53.2 Å². The van der Waals surface area contributed by atoms with Crippen molar-refractivity contribution in [3.63, 3.8) is 0 Å². The Morgan fingerprint density at radius 1 is 1.16 bits per heavy atom. The molecule has 3 heterocycles. The van der Waals surface area contributed by atoms with Gasteiger partial charge in [-0.05, 0) is 48.9 Å². The maximum atomic E-state index is 12.7. The summed E-state index contributed by atoms with van der Waals surface area (Å²) < 4.78 is 5.24. The van der Waals surface area contributed by atoms with Gasteiger partial charge in [0.1, 0.15) is 0 Å². The van der Waals surface area contributed by atoms with E-state index >= 15 is 0 Å². The van der Waals surface area contributed by atoms with E-state index in [0.29, 0.717) is 18.7 Å². The number of ether oxygens (including phenoxy) is 1. The second-order valence-corrected chi connectivity index (χ2v) is 8.69. The number of carbonyl (C=O) groups is 4. The monoisotopic (exact) mass is 440 g/mol. The number of rotatable bonds is 7. The zero-order chi connectivity index (χ0) is 22.0. The Hall–Kier alpha value is -3.00. The Balaban J connectivity index is 1.40. The summed E-state index contributed by atoms with van der Waals surface area (Å²) in [5.41, 5.74) is 0.657. The molecule has 1 saturated heterocycles. The Morgan fingerprint density at radius 2 is 1.97 bits per heavy atom. The third-order valence-corrected chi connectivity index (χ3v) is 6.69. The van der Waals surface area contributed by atoms with E-state index < -0.39 is 11.9 Å². The number of thiophene rings is 1. The van der Waals surface area contributed by atoms with Gasteiger partial charge in [-0.3, -0.25) is 19.3 Å². The molecule has 0 radical (unpaired) electrons. The molecule has 7 nitrogen and oxygen atoms in total. The molecular formula is C23H24N2O5S. The molecule has 1 fully saturated rings. The minimum atomic E-state index is -0.685. The first-order valence-electron chi connectivity index (χ1n) is 10.5. The number of hydrogen-bond donors (Lipinski definition) is 0. The van der Waals surface area contributed by atoms with Crippen molar-refractivity contribution in [2.24, 2.45) is 0 Å². The number of carbonyl (C=O) groups excluding carboxylic acids is 4. The number of fused-ring (bicyclic) bond motifs is 1. The number of unbranched alkanes of at least 4 members (excludes halogenated alkanes) is 1. The topological polar surface area (TPSA) is 84.0 Å². The second kappa shape index (κ2) is 9.01. The summed E-state index contributed by atoms with van der Waals surface area (Å²) in [5, 5.41) is 1.99. The van der Waals surface area contributed by atoms with Crippen LogP contribution in [0.1, 0.15) is 74.6 Å². The van der Waals surface area contributed by atoms with Gasteiger partial charge < -0.3 is 9.64 Å². The van der Waals surface area contributed by atoms with E-state index in [0.717, 1.165) is 30.6 Å². The van der Waals surface area contributed by atoms with Crippen LogP contribution in [0.15, 0.2) is 35.7 Å². The van der Waals surface area contributed by atoms with E-state index in [1.165, 1.54) is 23.1 Å². The predicted octanol–water partition coefficient (Wildman–Crippen LogP) is 3.66. The van der Waals surface area contributed by atoms with E-state index in [9.17, 15) is 19.2 Å². The second-order valence-electron chi connectivity index (χ2n) is 7.71. The van der Waals surface area contributed by atoms with Crippen LogP contribution in [0.2, 0.25) is 0 Å². The van der Waals surface area contributed by atoms with Crippen molar-refractivity contribution in [3.8, 4) is 0 Å². The first-order valence-corrected chi connectivity index (χ1v) is 11.4. The van der Waals surface area contributed by atoms with Gasteiger partial charge in [-0.2, -0.15) is 0 Å². The van der Waals surface area contributed by atoms with Crippen molar-refractivity contribution in [2.75, 3.05) is 19.7 Å². The molecule has 1 aromatic carbocycles. The van der Waals surface area contributed by atoms with Crippen LogP contribution in [0.25, 0.3) is 0 Å². The zero-order valence-corrected chi connectivity index (χ0v) is 18.2. The maximum Gasteiger partial charge on any atom is 0.338 e. The lowest BCUT2D eigenvalue weighted by Crippen LogP contribution is -2.34. The van der Waals surface area contributed by atoms with Crippen LogP contribution in [0.4, 0.5) is 0 Å². The molecule has 4 rings (SSSR count). The van der Waals surface area contributed by atoms with Crippen molar-refractivity contribution in [3.05, 3.63) is 57.3 Å². The van der Waals surface area contributed by atoms with Crippen LogP contribution < -0.4 is 0 Å². The fraction of sp³-hybridized carbons (Fsp3) is 0.391. The summed E-state index contributed by atoms with van der Waals surface area (Å²) in [6.45, 7) is 2.63. The summed E-state index contributed by atoms with van der Waals surface area (Å²) in [6.07, 6.45) is 3.41. The highest BCUT2D eigenvalue weighted by molar-refractivity contribution is 7.10. The van der Waals surface area contributed by atoms with Gasteiger partial charge in [0.05, 0.1) is 22.7 Å². The Morgan fingerprint density at radius 3 is 2.71 bits per heavy atom. The van der Waals surface area contributed by atoms with Gasteiger partial charge in [0.15, 0.2) is 6.61 Å². The zero-order valence-electron chi connectivity index (χ0n) is 17.3. The third kappa shape index (κ3) is 4.12. The number of amides is 3. The van der Waals surface area contributed by atoms with Crippen LogP contribution in [0.3, 0.4) is 0 Å². The van der Waals surface area contributed by atoms with Crippen LogP contribution in [0, 0.1) is 0 Å². The number of benzene rings is 1. The number of nitrogens with zero attached hydrogens (tertiary/aromatic N) is 2. The highest BCUT2D eigenvalue weighted by atomic mass is 32.1. The molecule has 0 aliphatic carbocycles. The summed E-state index contributed by atoms with van der Waals surface area (Å²) in [5.74, 6) is -1.65. The molecule has 2 aliphatic heterocycles. The number of imide groups is 1. The molecule has 0 N–H and O–H groups in total. The number of esters is 1. The molecule has 1 aromatic heterocycles. The summed E-state index contributed by atoms with van der Waals surface area (Å²) in [7, 11) is 0. The maximum absolute atomic E-state index is 12.7. The minimum Gasteiger partial charge on any atom is -0.452 e. The Bertz CT molecular complexity index is 1020. The Kier molecular flexibility index (Phi) is 6.18. The lowest BCUT2D eigenvalue weighted by Gasteiger charge is -2.23. The van der Waals surface area contributed by atoms with Crippen molar-refractivity contribution in [1.29, 1.82) is 0 Å². The van der Waals surface area contributed by atoms with Crippen LogP contribution in [-0.2, 0) is 9.53 Å². The molecule has 0 spiro atoms. The molecule has 162 valence electrons. The normalized spacial score (nSPS) is 17.9. The molecule has 31 heavy (non-hydrogen) atoms.